The Labute approximate surface area is 140 Å². The molecule has 0 aliphatic rings. The molecule has 7 nitrogen and oxygen atoms in total. The highest BCUT2D eigenvalue weighted by molar-refractivity contribution is 6.30. The van der Waals surface area contributed by atoms with Gasteiger partial charge < -0.3 is 5.32 Å². The van der Waals surface area contributed by atoms with E-state index in [1.807, 2.05) is 5.48 Å². The maximum absolute atomic E-state index is 13.0. The van der Waals surface area contributed by atoms with Gasteiger partial charge in [0.2, 0.25) is 5.82 Å². The molecule has 0 aliphatic heterocycles. The lowest BCUT2D eigenvalue weighted by Gasteiger charge is -2.05. The zero-order valence-corrected chi connectivity index (χ0v) is 12.8. The predicted molar refractivity (Wildman–Crippen MR) is 86.6 cm³/mol. The minimum atomic E-state index is -0.360. The second kappa shape index (κ2) is 7.07. The van der Waals surface area contributed by atoms with Gasteiger partial charge in [-0.2, -0.15) is 0 Å². The van der Waals surface area contributed by atoms with Crippen LogP contribution in [0.2, 0.25) is 5.02 Å². The molecule has 3 N–H and O–H groups in total. The molecule has 3 rings (SSSR count). The van der Waals surface area contributed by atoms with Crippen LogP contribution in [-0.4, -0.2) is 21.4 Å². The summed E-state index contributed by atoms with van der Waals surface area (Å²) in [5, 5.41) is 20.2. The molecule has 0 radical (unpaired) electrons. The van der Waals surface area contributed by atoms with Crippen molar-refractivity contribution in [2.45, 2.75) is 0 Å². The molecular weight excluding hydrogens is 337 g/mol. The van der Waals surface area contributed by atoms with Gasteiger partial charge in [-0.1, -0.05) is 11.6 Å². The molecule has 9 heteroatoms. The van der Waals surface area contributed by atoms with E-state index in [1.54, 1.807) is 24.3 Å². The summed E-state index contributed by atoms with van der Waals surface area (Å²) < 4.78 is 17.6. The average molecular weight is 348 g/mol. The Morgan fingerprint density at radius 3 is 2.46 bits per heavy atom. The minimum absolute atomic E-state index is 0.0168. The highest BCUT2D eigenvalue weighted by atomic mass is 35.5. The topological polar surface area (TPSA) is 95.6 Å². The van der Waals surface area contributed by atoms with Gasteiger partial charge >= 0.3 is 0 Å². The highest BCUT2D eigenvalue weighted by Gasteiger charge is 2.17. The normalized spacial score (nSPS) is 11.4. The Kier molecular flexibility index (Phi) is 4.69. The van der Waals surface area contributed by atoms with E-state index < -0.39 is 0 Å². The maximum Gasteiger partial charge on any atom is 0.206 e. The molecule has 24 heavy (non-hydrogen) atoms. The Morgan fingerprint density at radius 2 is 1.79 bits per heavy atom. The number of nitrogens with one attached hydrogen (secondary N) is 2. The summed E-state index contributed by atoms with van der Waals surface area (Å²) in [6, 6.07) is 12.3. The van der Waals surface area contributed by atoms with Crippen molar-refractivity contribution in [1.29, 1.82) is 0 Å². The summed E-state index contributed by atoms with van der Waals surface area (Å²) in [7, 11) is 0. The molecule has 2 aromatic carbocycles. The predicted octanol–water partition coefficient (Wildman–Crippen LogP) is 3.66. The fourth-order valence-electron chi connectivity index (χ4n) is 1.87. The first-order valence-corrected chi connectivity index (χ1v) is 7.13. The number of anilines is 2. The molecule has 122 valence electrons. The molecule has 0 amide bonds. The lowest BCUT2D eigenvalue weighted by Crippen LogP contribution is -2.21. The van der Waals surface area contributed by atoms with E-state index in [1.165, 1.54) is 24.3 Å². The van der Waals surface area contributed by atoms with Crippen LogP contribution in [0, 0.1) is 5.82 Å². The maximum atomic E-state index is 13.0. The first-order chi connectivity index (χ1) is 11.7. The smallest absolute Gasteiger partial charge is 0.206 e. The summed E-state index contributed by atoms with van der Waals surface area (Å²) >= 11 is 5.82. The number of aliphatic imine (C=N–C) groups is 1. The number of hydrogen-bond donors (Lipinski definition) is 3. The van der Waals surface area contributed by atoms with E-state index in [2.05, 4.69) is 20.6 Å². The molecule has 0 unspecified atom stereocenters. The fraction of sp³-hybridized carbons (Fsp3) is 0. The van der Waals surface area contributed by atoms with Crippen molar-refractivity contribution in [3.63, 3.8) is 0 Å². The summed E-state index contributed by atoms with van der Waals surface area (Å²) in [6.45, 7) is 0. The van der Waals surface area contributed by atoms with Crippen molar-refractivity contribution in [2.75, 3.05) is 5.32 Å². The Hall–Kier alpha value is -2.97. The monoisotopic (exact) mass is 347 g/mol. The van der Waals surface area contributed by atoms with Crippen LogP contribution in [0.25, 0.3) is 0 Å². The molecule has 3 aromatic rings. The molecule has 1 heterocycles. The van der Waals surface area contributed by atoms with Gasteiger partial charge in [0.05, 0.1) is 5.69 Å². The highest BCUT2D eigenvalue weighted by Crippen LogP contribution is 2.21. The third kappa shape index (κ3) is 3.67. The molecule has 0 saturated carbocycles. The van der Waals surface area contributed by atoms with Crippen molar-refractivity contribution < 1.29 is 14.2 Å². The molecule has 0 fully saturated rings. The van der Waals surface area contributed by atoms with E-state index in [0.717, 1.165) is 0 Å². The van der Waals surface area contributed by atoms with Crippen LogP contribution in [0.1, 0.15) is 5.69 Å². The largest absolute Gasteiger partial charge is 0.335 e. The zero-order chi connectivity index (χ0) is 16.9. The van der Waals surface area contributed by atoms with Gasteiger partial charge in [0.1, 0.15) is 5.82 Å². The van der Waals surface area contributed by atoms with Gasteiger partial charge in [-0.15, -0.1) is 0 Å². The Balaban J connectivity index is 1.89. The van der Waals surface area contributed by atoms with Crippen molar-refractivity contribution in [3.05, 3.63) is 65.1 Å². The standard InChI is InChI=1S/C15H11ClFN5O2/c16-9-1-5-11(6-2-9)18-14(20-23)13-15(22-24-21-13)19-12-7-3-10(17)4-8-12/h1-8,23H,(H,18,20)(H,19,22). The van der Waals surface area contributed by atoms with E-state index in [-0.39, 0.29) is 23.2 Å². The number of benzene rings is 2. The fourth-order valence-corrected chi connectivity index (χ4v) is 2.00. The molecule has 0 spiro atoms. The first-order valence-electron chi connectivity index (χ1n) is 6.75. The van der Waals surface area contributed by atoms with Crippen molar-refractivity contribution >= 4 is 34.6 Å². The van der Waals surface area contributed by atoms with Crippen LogP contribution in [-0.2, 0) is 0 Å². The van der Waals surface area contributed by atoms with Crippen LogP contribution in [0.3, 0.4) is 0 Å². The third-order valence-electron chi connectivity index (χ3n) is 2.99. The number of nitrogens with zero attached hydrogens (tertiary/aromatic N) is 3. The molecule has 0 bridgehead atoms. The van der Waals surface area contributed by atoms with Crippen LogP contribution >= 0.6 is 11.6 Å². The Bertz CT molecular complexity index is 849. The van der Waals surface area contributed by atoms with Crippen LogP contribution < -0.4 is 10.8 Å². The first kappa shape index (κ1) is 15.9. The summed E-state index contributed by atoms with van der Waals surface area (Å²) in [5.74, 6) is -0.139. The van der Waals surface area contributed by atoms with Crippen LogP contribution in [0.4, 0.5) is 21.6 Å². The SMILES string of the molecule is ONC(=Nc1ccc(Cl)cc1)c1nonc1Nc1ccc(F)cc1. The van der Waals surface area contributed by atoms with Gasteiger partial charge in [-0.3, -0.25) is 10.7 Å². The summed E-state index contributed by atoms with van der Waals surface area (Å²) in [6.07, 6.45) is 0. The average Bonchev–Trinajstić information content (AvgIpc) is 3.04. The van der Waals surface area contributed by atoms with Crippen LogP contribution in [0.15, 0.2) is 58.2 Å². The molecule has 0 aliphatic carbocycles. The number of rotatable bonds is 4. The number of aromatic nitrogens is 2. The molecule has 0 atom stereocenters. The van der Waals surface area contributed by atoms with Crippen molar-refractivity contribution in [1.82, 2.24) is 15.8 Å². The quantitative estimate of drug-likeness (QED) is 0.378. The van der Waals surface area contributed by atoms with Crippen molar-refractivity contribution in [2.24, 2.45) is 4.99 Å². The molecular formula is C15H11ClFN5O2. The summed E-state index contributed by atoms with van der Waals surface area (Å²) in [4.78, 5) is 4.21. The Morgan fingerprint density at radius 1 is 1.08 bits per heavy atom. The zero-order valence-electron chi connectivity index (χ0n) is 12.1. The minimum Gasteiger partial charge on any atom is -0.335 e. The second-order valence-corrected chi connectivity index (χ2v) is 5.08. The van der Waals surface area contributed by atoms with Gasteiger partial charge in [-0.05, 0) is 58.8 Å². The van der Waals surface area contributed by atoms with E-state index in [9.17, 15) is 9.60 Å². The lowest BCUT2D eigenvalue weighted by molar-refractivity contribution is 0.234. The van der Waals surface area contributed by atoms with Gasteiger partial charge in [0.25, 0.3) is 0 Å². The molecule has 1 aromatic heterocycles. The van der Waals surface area contributed by atoms with Gasteiger partial charge in [-0.25, -0.2) is 14.0 Å². The van der Waals surface area contributed by atoms with E-state index >= 15 is 0 Å². The number of halogens is 2. The van der Waals surface area contributed by atoms with Crippen LogP contribution in [0.5, 0.6) is 0 Å². The van der Waals surface area contributed by atoms with E-state index in [4.69, 9.17) is 16.2 Å². The number of hydroxylamine groups is 1. The number of hydrogen-bond acceptors (Lipinski definition) is 6. The summed E-state index contributed by atoms with van der Waals surface area (Å²) in [5.41, 5.74) is 3.21. The third-order valence-corrected chi connectivity index (χ3v) is 3.25. The van der Waals surface area contributed by atoms with Gasteiger partial charge in [0.15, 0.2) is 11.5 Å². The van der Waals surface area contributed by atoms with E-state index in [0.29, 0.717) is 16.4 Å². The second-order valence-electron chi connectivity index (χ2n) is 4.64. The number of amidine groups is 1. The lowest BCUT2D eigenvalue weighted by atomic mass is 10.3. The van der Waals surface area contributed by atoms with Crippen molar-refractivity contribution in [3.8, 4) is 0 Å². The van der Waals surface area contributed by atoms with Gasteiger partial charge in [0, 0.05) is 10.7 Å². The molecule has 0 saturated heterocycles.